The minimum atomic E-state index is -0.615. The molecule has 1 amide bonds. The smallest absolute Gasteiger partial charge is 0.251 e. The van der Waals surface area contributed by atoms with Crippen LogP contribution in [0, 0.1) is 0 Å². The Morgan fingerprint density at radius 2 is 1.95 bits per heavy atom. The number of amides is 1. The molecule has 0 aliphatic heterocycles. The summed E-state index contributed by atoms with van der Waals surface area (Å²) >= 11 is 0. The van der Waals surface area contributed by atoms with Crippen molar-refractivity contribution < 1.29 is 4.79 Å². The van der Waals surface area contributed by atoms with E-state index in [0.717, 1.165) is 12.1 Å². The van der Waals surface area contributed by atoms with Crippen LogP contribution in [0.4, 0.5) is 0 Å². The zero-order valence-corrected chi connectivity index (χ0v) is 11.5. The van der Waals surface area contributed by atoms with E-state index < -0.39 is 5.54 Å². The Hall–Kier alpha value is -2.04. The highest BCUT2D eigenvalue weighted by molar-refractivity contribution is 5.94. The fourth-order valence-electron chi connectivity index (χ4n) is 1.60. The number of benzene rings is 1. The maximum absolute atomic E-state index is 11.8. The van der Waals surface area contributed by atoms with Crippen LogP contribution in [0.2, 0.25) is 0 Å². The van der Waals surface area contributed by atoms with Crippen LogP contribution in [0.3, 0.4) is 0 Å². The summed E-state index contributed by atoms with van der Waals surface area (Å²) in [5.74, 6) is -0.108. The van der Waals surface area contributed by atoms with E-state index in [1.807, 2.05) is 33.0 Å². The lowest BCUT2D eigenvalue weighted by molar-refractivity contribution is 0.0954. The SMILES string of the molecule is CNCCNC(=O)c1ccc(C(C)(C)N=[N+]=[N-])cc1. The van der Waals surface area contributed by atoms with Crippen molar-refractivity contribution in [2.24, 2.45) is 5.11 Å². The van der Waals surface area contributed by atoms with Gasteiger partial charge in [0.05, 0.1) is 5.54 Å². The maximum atomic E-state index is 11.8. The molecule has 102 valence electrons. The Morgan fingerprint density at radius 3 is 2.47 bits per heavy atom. The lowest BCUT2D eigenvalue weighted by Gasteiger charge is -2.18. The van der Waals surface area contributed by atoms with Crippen LogP contribution in [0.15, 0.2) is 29.4 Å². The standard InChI is InChI=1S/C13H19N5O/c1-13(2,17-18-14)11-6-4-10(5-7-11)12(19)16-9-8-15-3/h4-7,15H,8-9H2,1-3H3,(H,16,19). The fraction of sp³-hybridized carbons (Fsp3) is 0.462. The van der Waals surface area contributed by atoms with Crippen molar-refractivity contribution in [3.05, 3.63) is 45.8 Å². The summed E-state index contributed by atoms with van der Waals surface area (Å²) in [6.45, 7) is 4.97. The number of carbonyl (C=O) groups excluding carboxylic acids is 1. The van der Waals surface area contributed by atoms with Crippen molar-refractivity contribution in [1.82, 2.24) is 10.6 Å². The quantitative estimate of drug-likeness (QED) is 0.355. The highest BCUT2D eigenvalue weighted by Gasteiger charge is 2.18. The molecule has 0 unspecified atom stereocenters. The third-order valence-electron chi connectivity index (χ3n) is 2.81. The van der Waals surface area contributed by atoms with Gasteiger partial charge in [-0.25, -0.2) is 0 Å². The Morgan fingerprint density at radius 1 is 1.32 bits per heavy atom. The van der Waals surface area contributed by atoms with Crippen LogP contribution in [0.1, 0.15) is 29.8 Å². The Kier molecular flexibility index (Phi) is 5.36. The van der Waals surface area contributed by atoms with Crippen LogP contribution >= 0.6 is 0 Å². The molecule has 0 aliphatic rings. The molecule has 6 heteroatoms. The number of hydrogen-bond acceptors (Lipinski definition) is 3. The summed E-state index contributed by atoms with van der Waals surface area (Å²) in [7, 11) is 1.83. The van der Waals surface area contributed by atoms with Gasteiger partial charge in [-0.2, -0.15) is 0 Å². The van der Waals surface area contributed by atoms with Gasteiger partial charge in [0.25, 0.3) is 5.91 Å². The first-order chi connectivity index (χ1) is 9.01. The van der Waals surface area contributed by atoms with Gasteiger partial charge in [0.15, 0.2) is 0 Å². The number of azide groups is 1. The molecule has 2 N–H and O–H groups in total. The van der Waals surface area contributed by atoms with Gasteiger partial charge in [0.2, 0.25) is 0 Å². The fourth-order valence-corrected chi connectivity index (χ4v) is 1.60. The predicted octanol–water partition coefficient (Wildman–Crippen LogP) is 2.18. The van der Waals surface area contributed by atoms with E-state index in [4.69, 9.17) is 5.53 Å². The predicted molar refractivity (Wildman–Crippen MR) is 74.9 cm³/mol. The molecule has 0 aliphatic carbocycles. The summed E-state index contributed by atoms with van der Waals surface area (Å²) in [5, 5.41) is 9.49. The maximum Gasteiger partial charge on any atom is 0.251 e. The van der Waals surface area contributed by atoms with Crippen molar-refractivity contribution >= 4 is 5.91 Å². The van der Waals surface area contributed by atoms with Gasteiger partial charge in [0, 0.05) is 23.6 Å². The molecule has 0 atom stereocenters. The molecule has 1 rings (SSSR count). The largest absolute Gasteiger partial charge is 0.351 e. The molecule has 6 nitrogen and oxygen atoms in total. The number of nitrogens with one attached hydrogen (secondary N) is 2. The van der Waals surface area contributed by atoms with Gasteiger partial charge >= 0.3 is 0 Å². The van der Waals surface area contributed by atoms with Gasteiger partial charge in [-0.1, -0.05) is 31.1 Å². The van der Waals surface area contributed by atoms with Crippen molar-refractivity contribution in [1.29, 1.82) is 0 Å². The average molecular weight is 261 g/mol. The van der Waals surface area contributed by atoms with E-state index in [-0.39, 0.29) is 5.91 Å². The molecule has 0 bridgehead atoms. The molecule has 0 radical (unpaired) electrons. The van der Waals surface area contributed by atoms with Crippen molar-refractivity contribution in [3.8, 4) is 0 Å². The molecular weight excluding hydrogens is 242 g/mol. The molecule has 0 spiro atoms. The minimum absolute atomic E-state index is 0.108. The third kappa shape index (κ3) is 4.28. The van der Waals surface area contributed by atoms with Gasteiger partial charge in [-0.15, -0.1) is 0 Å². The molecule has 0 heterocycles. The lowest BCUT2D eigenvalue weighted by atomic mass is 9.94. The zero-order chi connectivity index (χ0) is 14.3. The number of hydrogen-bond donors (Lipinski definition) is 2. The van der Waals surface area contributed by atoms with Crippen LogP contribution in [-0.2, 0) is 5.54 Å². The first-order valence-corrected chi connectivity index (χ1v) is 6.11. The number of likely N-dealkylation sites (N-methyl/N-ethyl adjacent to an activating group) is 1. The number of nitrogens with zero attached hydrogens (tertiary/aromatic N) is 3. The monoisotopic (exact) mass is 261 g/mol. The first kappa shape index (κ1) is 15.0. The van der Waals surface area contributed by atoms with E-state index in [0.29, 0.717) is 12.1 Å². The van der Waals surface area contributed by atoms with Crippen LogP contribution in [0.25, 0.3) is 10.4 Å². The van der Waals surface area contributed by atoms with E-state index in [1.165, 1.54) is 0 Å². The van der Waals surface area contributed by atoms with Gasteiger partial charge in [-0.3, -0.25) is 4.79 Å². The molecular formula is C13H19N5O. The van der Waals surface area contributed by atoms with Crippen molar-refractivity contribution in [3.63, 3.8) is 0 Å². The molecule has 1 aromatic carbocycles. The third-order valence-corrected chi connectivity index (χ3v) is 2.81. The molecule has 0 saturated carbocycles. The normalized spacial score (nSPS) is 10.7. The second kappa shape index (κ2) is 6.78. The van der Waals surface area contributed by atoms with Crippen LogP contribution in [0.5, 0.6) is 0 Å². The van der Waals surface area contributed by atoms with E-state index in [9.17, 15) is 4.79 Å². The van der Waals surface area contributed by atoms with E-state index >= 15 is 0 Å². The van der Waals surface area contributed by atoms with Crippen LogP contribution < -0.4 is 10.6 Å². The minimum Gasteiger partial charge on any atom is -0.351 e. The summed E-state index contributed by atoms with van der Waals surface area (Å²) in [5.41, 5.74) is 9.37. The second-order valence-corrected chi connectivity index (χ2v) is 4.69. The van der Waals surface area contributed by atoms with Gasteiger partial charge in [-0.05, 0) is 30.3 Å². The van der Waals surface area contributed by atoms with E-state index in [2.05, 4.69) is 20.7 Å². The van der Waals surface area contributed by atoms with Crippen LogP contribution in [-0.4, -0.2) is 26.0 Å². The molecule has 0 fully saturated rings. The first-order valence-electron chi connectivity index (χ1n) is 6.11. The summed E-state index contributed by atoms with van der Waals surface area (Å²) in [4.78, 5) is 14.6. The number of rotatable bonds is 6. The topological polar surface area (TPSA) is 89.9 Å². The molecule has 19 heavy (non-hydrogen) atoms. The molecule has 0 saturated heterocycles. The van der Waals surface area contributed by atoms with E-state index in [1.54, 1.807) is 12.1 Å². The zero-order valence-electron chi connectivity index (χ0n) is 11.5. The summed E-state index contributed by atoms with van der Waals surface area (Å²) < 4.78 is 0. The Bertz CT molecular complexity index is 474. The molecule has 1 aromatic rings. The van der Waals surface area contributed by atoms with Gasteiger partial charge in [0.1, 0.15) is 0 Å². The Balaban J connectivity index is 2.76. The molecule has 0 aromatic heterocycles. The average Bonchev–Trinajstić information content (AvgIpc) is 2.39. The number of carbonyl (C=O) groups is 1. The summed E-state index contributed by atoms with van der Waals surface area (Å²) in [6, 6.07) is 7.08. The summed E-state index contributed by atoms with van der Waals surface area (Å²) in [6.07, 6.45) is 0. The van der Waals surface area contributed by atoms with Crippen molar-refractivity contribution in [2.45, 2.75) is 19.4 Å². The lowest BCUT2D eigenvalue weighted by Crippen LogP contribution is -2.30. The highest BCUT2D eigenvalue weighted by atomic mass is 16.1. The van der Waals surface area contributed by atoms with Gasteiger partial charge < -0.3 is 10.6 Å². The second-order valence-electron chi connectivity index (χ2n) is 4.69. The highest BCUT2D eigenvalue weighted by Crippen LogP contribution is 2.24. The van der Waals surface area contributed by atoms with Crippen molar-refractivity contribution in [2.75, 3.05) is 20.1 Å². The Labute approximate surface area is 112 Å².